The second-order valence-electron chi connectivity index (χ2n) is 6.78. The molecule has 0 spiro atoms. The van der Waals surface area contributed by atoms with Crippen LogP contribution < -0.4 is 0 Å². The summed E-state index contributed by atoms with van der Waals surface area (Å²) < 4.78 is 8.02. The second-order valence-corrected chi connectivity index (χ2v) is 6.78. The quantitative estimate of drug-likeness (QED) is 0.850. The van der Waals surface area contributed by atoms with Crippen molar-refractivity contribution in [1.29, 1.82) is 0 Å². The Morgan fingerprint density at radius 3 is 2.54 bits per heavy atom. The Morgan fingerprint density at radius 1 is 1.17 bits per heavy atom. The fourth-order valence-electron chi connectivity index (χ4n) is 3.95. The van der Waals surface area contributed by atoms with Crippen molar-refractivity contribution in [3.63, 3.8) is 0 Å². The topological polar surface area (TPSA) is 55.5 Å². The molecule has 5 heteroatoms. The average molecular weight is 326 g/mol. The molecule has 0 aromatic carbocycles. The van der Waals surface area contributed by atoms with Gasteiger partial charge in [-0.15, -0.1) is 0 Å². The van der Waals surface area contributed by atoms with Crippen molar-refractivity contribution >= 4 is 11.7 Å². The third kappa shape index (κ3) is 2.48. The summed E-state index contributed by atoms with van der Waals surface area (Å²) in [5, 5.41) is 0. The lowest BCUT2D eigenvalue weighted by molar-refractivity contribution is 0.0659. The average Bonchev–Trinajstić information content (AvgIpc) is 3.23. The molecule has 2 aromatic rings. The number of rotatable bonds is 2. The highest BCUT2D eigenvalue weighted by Gasteiger charge is 2.32. The molecule has 3 heterocycles. The maximum atomic E-state index is 12.9. The predicted octanol–water partition coefficient (Wildman–Crippen LogP) is 3.39. The van der Waals surface area contributed by atoms with Gasteiger partial charge in [0, 0.05) is 49.9 Å². The number of carbonyl (C=O) groups is 2. The second kappa shape index (κ2) is 5.96. The van der Waals surface area contributed by atoms with Gasteiger partial charge in [-0.2, -0.15) is 0 Å². The van der Waals surface area contributed by atoms with Crippen LogP contribution in [0.5, 0.6) is 0 Å². The van der Waals surface area contributed by atoms with Crippen LogP contribution in [0.25, 0.3) is 0 Å². The first-order chi connectivity index (χ1) is 11.6. The van der Waals surface area contributed by atoms with Crippen LogP contribution in [0.1, 0.15) is 64.0 Å². The van der Waals surface area contributed by atoms with Gasteiger partial charge in [0.2, 0.25) is 0 Å². The molecule has 0 bridgehead atoms. The zero-order valence-corrected chi connectivity index (χ0v) is 14.0. The molecule has 4 rings (SSSR count). The number of carbonyl (C=O) groups excluding carboxylic acids is 2. The zero-order valence-electron chi connectivity index (χ0n) is 14.0. The Labute approximate surface area is 141 Å². The molecule has 24 heavy (non-hydrogen) atoms. The van der Waals surface area contributed by atoms with Crippen molar-refractivity contribution < 1.29 is 14.0 Å². The predicted molar refractivity (Wildman–Crippen MR) is 89.3 cm³/mol. The van der Waals surface area contributed by atoms with Crippen molar-refractivity contribution in [1.82, 2.24) is 9.47 Å². The number of aryl methyl sites for hydroxylation is 1. The minimum Gasteiger partial charge on any atom is -0.455 e. The summed E-state index contributed by atoms with van der Waals surface area (Å²) in [5.74, 6) is 1.12. The molecule has 126 valence electrons. The molecule has 1 aliphatic heterocycles. The van der Waals surface area contributed by atoms with Gasteiger partial charge in [-0.1, -0.05) is 0 Å². The van der Waals surface area contributed by atoms with Crippen LogP contribution in [0.15, 0.2) is 28.9 Å². The monoisotopic (exact) mass is 326 g/mol. The van der Waals surface area contributed by atoms with E-state index >= 15 is 0 Å². The number of fused-ring (bicyclic) bond motifs is 1. The zero-order chi connectivity index (χ0) is 16.7. The number of ketones is 1. The SMILES string of the molecule is Cc1c(C(=O)N2CCC(n3cccc3)CC2)oc2c1C(=O)CCC2. The fourth-order valence-corrected chi connectivity index (χ4v) is 3.95. The first-order valence-electron chi connectivity index (χ1n) is 8.72. The van der Waals surface area contributed by atoms with Gasteiger partial charge in [0.1, 0.15) is 5.76 Å². The number of Topliss-reactive ketones (excluding diaryl/α,β-unsaturated/α-hetero) is 1. The standard InChI is InChI=1S/C19H22N2O3/c1-13-17-15(22)5-4-6-16(17)24-18(13)19(23)21-11-7-14(8-12-21)20-9-2-3-10-20/h2-3,9-10,14H,4-8,11-12H2,1H3. The van der Waals surface area contributed by atoms with Crippen LogP contribution in [0.2, 0.25) is 0 Å². The fraction of sp³-hybridized carbons (Fsp3) is 0.474. The van der Waals surface area contributed by atoms with Crippen LogP contribution in [0, 0.1) is 6.92 Å². The van der Waals surface area contributed by atoms with Gasteiger partial charge in [0.05, 0.1) is 5.56 Å². The van der Waals surface area contributed by atoms with E-state index in [1.165, 1.54) is 0 Å². The molecule has 0 saturated carbocycles. The summed E-state index contributed by atoms with van der Waals surface area (Å²) in [4.78, 5) is 26.8. The lowest BCUT2D eigenvalue weighted by atomic mass is 9.94. The largest absolute Gasteiger partial charge is 0.455 e. The molecule has 0 unspecified atom stereocenters. The Morgan fingerprint density at radius 2 is 1.88 bits per heavy atom. The van der Waals surface area contributed by atoms with Gasteiger partial charge in [0.25, 0.3) is 5.91 Å². The van der Waals surface area contributed by atoms with Crippen molar-refractivity contribution in [3.05, 3.63) is 47.2 Å². The van der Waals surface area contributed by atoms with E-state index in [9.17, 15) is 9.59 Å². The molecule has 1 aliphatic carbocycles. The molecular weight excluding hydrogens is 304 g/mol. The number of furan rings is 1. The number of hydrogen-bond donors (Lipinski definition) is 0. The van der Waals surface area contributed by atoms with E-state index in [0.29, 0.717) is 29.5 Å². The van der Waals surface area contributed by atoms with E-state index in [-0.39, 0.29) is 11.7 Å². The summed E-state index contributed by atoms with van der Waals surface area (Å²) in [7, 11) is 0. The van der Waals surface area contributed by atoms with Gasteiger partial charge < -0.3 is 13.9 Å². The van der Waals surface area contributed by atoms with Crippen molar-refractivity contribution in [2.75, 3.05) is 13.1 Å². The van der Waals surface area contributed by atoms with Crippen LogP contribution >= 0.6 is 0 Å². The Kier molecular flexibility index (Phi) is 3.79. The van der Waals surface area contributed by atoms with Crippen molar-refractivity contribution in [3.8, 4) is 0 Å². The summed E-state index contributed by atoms with van der Waals surface area (Å²) in [5.41, 5.74) is 1.39. The third-order valence-electron chi connectivity index (χ3n) is 5.30. The highest BCUT2D eigenvalue weighted by Crippen LogP contribution is 2.31. The molecule has 2 aliphatic rings. The van der Waals surface area contributed by atoms with Crippen molar-refractivity contribution in [2.45, 2.75) is 45.1 Å². The van der Waals surface area contributed by atoms with Crippen LogP contribution in [-0.2, 0) is 6.42 Å². The van der Waals surface area contributed by atoms with Gasteiger partial charge in [-0.05, 0) is 38.3 Å². The lowest BCUT2D eigenvalue weighted by Crippen LogP contribution is -2.39. The minimum absolute atomic E-state index is 0.0688. The first-order valence-corrected chi connectivity index (χ1v) is 8.72. The Hall–Kier alpha value is -2.30. The lowest BCUT2D eigenvalue weighted by Gasteiger charge is -2.32. The first kappa shape index (κ1) is 15.2. The van der Waals surface area contributed by atoms with Gasteiger partial charge in [0.15, 0.2) is 11.5 Å². The normalized spacial score (nSPS) is 18.7. The molecule has 1 saturated heterocycles. The summed E-state index contributed by atoms with van der Waals surface area (Å²) in [6, 6.07) is 4.52. The highest BCUT2D eigenvalue weighted by molar-refractivity contribution is 6.03. The summed E-state index contributed by atoms with van der Waals surface area (Å²) in [6.07, 6.45) is 8.18. The number of nitrogens with zero attached hydrogens (tertiary/aromatic N) is 2. The van der Waals surface area contributed by atoms with E-state index in [4.69, 9.17) is 4.42 Å². The molecule has 0 atom stereocenters. The number of hydrogen-bond acceptors (Lipinski definition) is 3. The third-order valence-corrected chi connectivity index (χ3v) is 5.30. The van der Waals surface area contributed by atoms with E-state index in [2.05, 4.69) is 17.0 Å². The number of likely N-dealkylation sites (tertiary alicyclic amines) is 1. The molecule has 1 fully saturated rings. The van der Waals surface area contributed by atoms with E-state index < -0.39 is 0 Å². The van der Waals surface area contributed by atoms with Crippen molar-refractivity contribution in [2.24, 2.45) is 0 Å². The van der Waals surface area contributed by atoms with Crippen LogP contribution in [-0.4, -0.2) is 34.2 Å². The Balaban J connectivity index is 1.50. The van der Waals surface area contributed by atoms with E-state index in [0.717, 1.165) is 44.3 Å². The summed E-state index contributed by atoms with van der Waals surface area (Å²) >= 11 is 0. The van der Waals surface area contributed by atoms with Crippen LogP contribution in [0.3, 0.4) is 0 Å². The van der Waals surface area contributed by atoms with E-state index in [1.807, 2.05) is 24.0 Å². The molecular formula is C19H22N2O3. The van der Waals surface area contributed by atoms with Gasteiger partial charge in [-0.3, -0.25) is 9.59 Å². The van der Waals surface area contributed by atoms with Gasteiger partial charge >= 0.3 is 0 Å². The number of piperidine rings is 1. The smallest absolute Gasteiger partial charge is 0.289 e. The highest BCUT2D eigenvalue weighted by atomic mass is 16.4. The molecule has 1 amide bonds. The van der Waals surface area contributed by atoms with Gasteiger partial charge in [-0.25, -0.2) is 0 Å². The number of amides is 1. The molecule has 0 N–H and O–H groups in total. The van der Waals surface area contributed by atoms with Crippen LogP contribution in [0.4, 0.5) is 0 Å². The maximum absolute atomic E-state index is 12.9. The maximum Gasteiger partial charge on any atom is 0.289 e. The minimum atomic E-state index is -0.0688. The molecule has 5 nitrogen and oxygen atoms in total. The van der Waals surface area contributed by atoms with E-state index in [1.54, 1.807) is 0 Å². The number of aromatic nitrogens is 1. The molecule has 2 aromatic heterocycles. The Bertz CT molecular complexity index is 765. The summed E-state index contributed by atoms with van der Waals surface area (Å²) in [6.45, 7) is 3.28. The molecule has 0 radical (unpaired) electrons.